The zero-order valence-electron chi connectivity index (χ0n) is 14.8. The lowest BCUT2D eigenvalue weighted by molar-refractivity contribution is -0.196. The number of alkyl halides is 3. The van der Waals surface area contributed by atoms with Gasteiger partial charge in [-0.25, -0.2) is 4.18 Å². The van der Waals surface area contributed by atoms with E-state index in [-0.39, 0.29) is 10.5 Å². The molecule has 0 aliphatic rings. The lowest BCUT2D eigenvalue weighted by Crippen LogP contribution is -2.26. The van der Waals surface area contributed by atoms with Gasteiger partial charge in [-0.05, 0) is 35.7 Å². The minimum Gasteiger partial charge on any atom is -0.248 e. The lowest BCUT2D eigenvalue weighted by Gasteiger charge is -2.21. The molecule has 3 rings (SSSR count). The van der Waals surface area contributed by atoms with E-state index in [2.05, 4.69) is 4.18 Å². The van der Waals surface area contributed by atoms with Crippen molar-refractivity contribution in [2.24, 2.45) is 0 Å². The van der Waals surface area contributed by atoms with Crippen molar-refractivity contribution in [2.45, 2.75) is 24.1 Å². The van der Waals surface area contributed by atoms with Crippen molar-refractivity contribution in [2.75, 3.05) is 0 Å². The molecule has 146 valence electrons. The van der Waals surface area contributed by atoms with Gasteiger partial charge in [0.25, 0.3) is 10.1 Å². The Bertz CT molecular complexity index is 1030. The van der Waals surface area contributed by atoms with Gasteiger partial charge in [0.2, 0.25) is 0 Å². The molecular weight excluding hydrogens is 389 g/mol. The summed E-state index contributed by atoms with van der Waals surface area (Å²) in [5.74, 6) is 0. The number of halogens is 3. The third-order valence-corrected chi connectivity index (χ3v) is 5.45. The fraction of sp³-hybridized carbons (Fsp3) is 0.143. The van der Waals surface area contributed by atoms with Crippen LogP contribution in [-0.4, -0.2) is 14.6 Å². The lowest BCUT2D eigenvalue weighted by atomic mass is 10.0. The van der Waals surface area contributed by atoms with Crippen molar-refractivity contribution >= 4 is 10.1 Å². The first-order valence-corrected chi connectivity index (χ1v) is 9.80. The molecule has 3 aromatic rings. The van der Waals surface area contributed by atoms with Crippen LogP contribution in [-0.2, 0) is 14.3 Å². The van der Waals surface area contributed by atoms with Gasteiger partial charge in [0.05, 0.1) is 4.90 Å². The third kappa shape index (κ3) is 4.61. The molecule has 0 aliphatic heterocycles. The summed E-state index contributed by atoms with van der Waals surface area (Å²) in [4.78, 5) is -0.326. The average molecular weight is 406 g/mol. The highest BCUT2D eigenvalue weighted by molar-refractivity contribution is 7.86. The Hall–Kier alpha value is -2.64. The van der Waals surface area contributed by atoms with Gasteiger partial charge in [-0.2, -0.15) is 21.6 Å². The molecule has 1 unspecified atom stereocenters. The fourth-order valence-corrected chi connectivity index (χ4v) is 3.72. The Kier molecular flexibility index (Phi) is 5.58. The summed E-state index contributed by atoms with van der Waals surface area (Å²) in [5, 5.41) is 0. The molecule has 0 saturated heterocycles. The fourth-order valence-electron chi connectivity index (χ4n) is 2.67. The Labute approximate surface area is 161 Å². The molecule has 0 heterocycles. The highest BCUT2D eigenvalue weighted by Gasteiger charge is 2.45. The normalized spacial score (nSPS) is 13.3. The van der Waals surface area contributed by atoms with E-state index in [0.29, 0.717) is 5.56 Å². The molecule has 0 saturated carbocycles. The molecule has 7 heteroatoms. The Morgan fingerprint density at radius 3 is 1.86 bits per heavy atom. The predicted molar refractivity (Wildman–Crippen MR) is 100 cm³/mol. The molecule has 0 radical (unpaired) electrons. The van der Waals surface area contributed by atoms with Crippen LogP contribution in [0.2, 0.25) is 0 Å². The molecule has 28 heavy (non-hydrogen) atoms. The number of hydrogen-bond donors (Lipinski definition) is 0. The monoisotopic (exact) mass is 406 g/mol. The van der Waals surface area contributed by atoms with Crippen molar-refractivity contribution in [3.8, 4) is 11.1 Å². The molecule has 0 aliphatic carbocycles. The predicted octanol–water partition coefficient (Wildman–Crippen LogP) is 5.67. The first-order chi connectivity index (χ1) is 13.2. The zero-order chi connectivity index (χ0) is 20.4. The number of aryl methyl sites for hydroxylation is 1. The summed E-state index contributed by atoms with van der Waals surface area (Å²) in [6.45, 7) is 1.74. The third-order valence-electron chi connectivity index (χ3n) is 4.15. The number of hydrogen-bond acceptors (Lipinski definition) is 3. The zero-order valence-corrected chi connectivity index (χ0v) is 15.7. The van der Waals surface area contributed by atoms with Crippen molar-refractivity contribution in [1.29, 1.82) is 0 Å². The van der Waals surface area contributed by atoms with E-state index in [1.165, 1.54) is 48.5 Å². The maximum Gasteiger partial charge on any atom is 0.420 e. The summed E-state index contributed by atoms with van der Waals surface area (Å²) in [6.07, 6.45) is -7.49. The topological polar surface area (TPSA) is 43.4 Å². The van der Waals surface area contributed by atoms with Gasteiger partial charge in [-0.15, -0.1) is 0 Å². The molecule has 3 nitrogen and oxygen atoms in total. The van der Waals surface area contributed by atoms with E-state index in [1.807, 2.05) is 30.3 Å². The average Bonchev–Trinajstić information content (AvgIpc) is 2.67. The minimum atomic E-state index is -4.90. The summed E-state index contributed by atoms with van der Waals surface area (Å²) < 4.78 is 69.9. The molecule has 1 atom stereocenters. The first kappa shape index (κ1) is 20.1. The summed E-state index contributed by atoms with van der Waals surface area (Å²) in [5.41, 5.74) is 2.04. The second-order valence-corrected chi connectivity index (χ2v) is 7.85. The smallest absolute Gasteiger partial charge is 0.248 e. The van der Waals surface area contributed by atoms with Crippen LogP contribution in [0.5, 0.6) is 0 Å². The maximum absolute atomic E-state index is 13.6. The van der Waals surface area contributed by atoms with Gasteiger partial charge < -0.3 is 0 Å². The molecular formula is C21H17F3O3S. The minimum absolute atomic E-state index is 0.289. The van der Waals surface area contributed by atoms with Gasteiger partial charge in [-0.1, -0.05) is 72.3 Å². The SMILES string of the molecule is Cc1ccc(S(=O)(=O)OC(c2ccc(-c3ccccc3)cc2)C(F)(F)F)cc1. The summed E-state index contributed by atoms with van der Waals surface area (Å²) in [6, 6.07) is 20.0. The van der Waals surface area contributed by atoms with Crippen molar-refractivity contribution < 1.29 is 25.8 Å². The van der Waals surface area contributed by atoms with Gasteiger partial charge >= 0.3 is 6.18 Å². The van der Waals surface area contributed by atoms with Crippen molar-refractivity contribution in [3.05, 3.63) is 90.0 Å². The van der Waals surface area contributed by atoms with Crippen LogP contribution >= 0.6 is 0 Å². The second-order valence-electron chi connectivity index (χ2n) is 6.27. The first-order valence-electron chi connectivity index (χ1n) is 8.39. The van der Waals surface area contributed by atoms with E-state index in [1.54, 1.807) is 6.92 Å². The maximum atomic E-state index is 13.6. The number of benzene rings is 3. The van der Waals surface area contributed by atoms with Crippen LogP contribution < -0.4 is 0 Å². The van der Waals surface area contributed by atoms with E-state index in [0.717, 1.165) is 11.1 Å². The quantitative estimate of drug-likeness (QED) is 0.513. The number of rotatable bonds is 5. The van der Waals surface area contributed by atoms with E-state index < -0.39 is 22.4 Å². The Balaban J connectivity index is 1.92. The van der Waals surface area contributed by atoms with E-state index >= 15 is 0 Å². The molecule has 3 aromatic carbocycles. The van der Waals surface area contributed by atoms with Gasteiger partial charge in [0.1, 0.15) is 0 Å². The largest absolute Gasteiger partial charge is 0.420 e. The van der Waals surface area contributed by atoms with Gasteiger partial charge in [0, 0.05) is 0 Å². The molecule has 0 amide bonds. The van der Waals surface area contributed by atoms with Crippen LogP contribution in [0.3, 0.4) is 0 Å². The summed E-state index contributed by atoms with van der Waals surface area (Å²) in [7, 11) is -4.59. The highest BCUT2D eigenvalue weighted by Crippen LogP contribution is 2.38. The van der Waals surface area contributed by atoms with Crippen LogP contribution in [0.25, 0.3) is 11.1 Å². The van der Waals surface area contributed by atoms with Crippen LogP contribution in [0, 0.1) is 6.92 Å². The molecule has 0 bridgehead atoms. The molecule has 0 spiro atoms. The van der Waals surface area contributed by atoms with Crippen LogP contribution in [0.4, 0.5) is 13.2 Å². The van der Waals surface area contributed by atoms with Crippen molar-refractivity contribution in [1.82, 2.24) is 0 Å². The molecule has 0 fully saturated rings. The standard InChI is InChI=1S/C21H17F3O3S/c1-15-7-13-19(14-8-15)28(25,26)27-20(21(22,23)24)18-11-9-17(10-12-18)16-5-3-2-4-6-16/h2-14,20H,1H3. The molecule has 0 N–H and O–H groups in total. The van der Waals surface area contributed by atoms with Crippen LogP contribution in [0.1, 0.15) is 17.2 Å². The second kappa shape index (κ2) is 7.77. The van der Waals surface area contributed by atoms with Gasteiger partial charge in [-0.3, -0.25) is 0 Å². The molecule has 0 aromatic heterocycles. The summed E-state index contributed by atoms with van der Waals surface area (Å²) >= 11 is 0. The Morgan fingerprint density at radius 2 is 1.32 bits per heavy atom. The van der Waals surface area contributed by atoms with Gasteiger partial charge in [0.15, 0.2) is 6.10 Å². The van der Waals surface area contributed by atoms with E-state index in [4.69, 9.17) is 0 Å². The van der Waals surface area contributed by atoms with Crippen molar-refractivity contribution in [3.63, 3.8) is 0 Å². The highest BCUT2D eigenvalue weighted by atomic mass is 32.2. The van der Waals surface area contributed by atoms with Crippen LogP contribution in [0.15, 0.2) is 83.8 Å². The van der Waals surface area contributed by atoms with E-state index in [9.17, 15) is 21.6 Å². The Morgan fingerprint density at radius 1 is 0.786 bits per heavy atom.